The van der Waals surface area contributed by atoms with Crippen molar-refractivity contribution in [2.24, 2.45) is 0 Å². The largest absolute Gasteiger partial charge is 0.442 e. The summed E-state index contributed by atoms with van der Waals surface area (Å²) in [4.78, 5) is 22.9. The molecule has 0 N–H and O–H groups in total. The molecule has 1 atom stereocenters. The Bertz CT molecular complexity index is 740. The number of benzene rings is 1. The molecule has 5 nitrogen and oxygen atoms in total. The van der Waals surface area contributed by atoms with Gasteiger partial charge in [-0.05, 0) is 36.6 Å². The molecule has 0 amide bonds. The molecule has 0 fully saturated rings. The van der Waals surface area contributed by atoms with Crippen molar-refractivity contribution in [3.8, 4) is 6.07 Å². The lowest BCUT2D eigenvalue weighted by Gasteiger charge is -2.17. The van der Waals surface area contributed by atoms with Crippen LogP contribution in [0.1, 0.15) is 25.6 Å². The van der Waals surface area contributed by atoms with E-state index >= 15 is 0 Å². The number of pyridine rings is 1. The fraction of sp³-hybridized carbons (Fsp3) is 0.214. The van der Waals surface area contributed by atoms with Gasteiger partial charge in [-0.3, -0.25) is 14.2 Å². The normalized spacial score (nSPS) is 11.8. The number of hydrogen-bond donors (Lipinski definition) is 0. The molecule has 0 spiro atoms. The van der Waals surface area contributed by atoms with Gasteiger partial charge in [0.05, 0.1) is 17.1 Å². The predicted octanol–water partition coefficient (Wildman–Crippen LogP) is 1.95. The van der Waals surface area contributed by atoms with E-state index in [-0.39, 0.29) is 5.56 Å². The molecule has 96 valence electrons. The van der Waals surface area contributed by atoms with Crippen molar-refractivity contribution in [2.45, 2.75) is 20.1 Å². The topological polar surface area (TPSA) is 72.1 Å². The van der Waals surface area contributed by atoms with Gasteiger partial charge >= 0.3 is 5.97 Å². The molecule has 0 saturated heterocycles. The van der Waals surface area contributed by atoms with E-state index in [1.54, 1.807) is 31.2 Å². The Labute approximate surface area is 109 Å². The fourth-order valence-electron chi connectivity index (χ4n) is 2.00. The second-order valence-corrected chi connectivity index (χ2v) is 4.14. The number of rotatable bonds is 2. The number of nitrogens with zero attached hydrogens (tertiary/aromatic N) is 2. The van der Waals surface area contributed by atoms with E-state index in [0.717, 1.165) is 5.39 Å². The zero-order valence-corrected chi connectivity index (χ0v) is 10.6. The number of esters is 1. The Morgan fingerprint density at radius 3 is 2.74 bits per heavy atom. The monoisotopic (exact) mass is 256 g/mol. The molecular formula is C14H12N2O3. The Morgan fingerprint density at radius 1 is 1.37 bits per heavy atom. The molecule has 0 saturated carbocycles. The lowest BCUT2D eigenvalue weighted by Crippen LogP contribution is -2.25. The van der Waals surface area contributed by atoms with E-state index in [9.17, 15) is 9.59 Å². The van der Waals surface area contributed by atoms with Crippen molar-refractivity contribution < 1.29 is 9.53 Å². The maximum Gasteiger partial charge on any atom is 0.304 e. The van der Waals surface area contributed by atoms with Crippen LogP contribution in [0.25, 0.3) is 10.9 Å². The molecule has 2 rings (SSSR count). The van der Waals surface area contributed by atoms with E-state index in [2.05, 4.69) is 0 Å². The van der Waals surface area contributed by atoms with E-state index in [4.69, 9.17) is 10.00 Å². The maximum atomic E-state index is 11.9. The average Bonchev–Trinajstić information content (AvgIpc) is 2.37. The smallest absolute Gasteiger partial charge is 0.304 e. The van der Waals surface area contributed by atoms with Gasteiger partial charge in [0, 0.05) is 13.0 Å². The van der Waals surface area contributed by atoms with Crippen LogP contribution in [0.15, 0.2) is 35.1 Å². The first-order valence-corrected chi connectivity index (χ1v) is 5.75. The van der Waals surface area contributed by atoms with Crippen LogP contribution in [-0.2, 0) is 9.53 Å². The maximum absolute atomic E-state index is 11.9. The Balaban J connectivity index is 2.66. The molecular weight excluding hydrogens is 244 g/mol. The summed E-state index contributed by atoms with van der Waals surface area (Å²) in [5, 5.41) is 9.61. The molecule has 1 aromatic heterocycles. The quantitative estimate of drug-likeness (QED) is 0.770. The van der Waals surface area contributed by atoms with Gasteiger partial charge in [-0.25, -0.2) is 0 Å². The third kappa shape index (κ3) is 2.47. The third-order valence-electron chi connectivity index (χ3n) is 2.76. The number of carbonyl (C=O) groups is 1. The molecule has 19 heavy (non-hydrogen) atoms. The van der Waals surface area contributed by atoms with Crippen molar-refractivity contribution in [3.63, 3.8) is 0 Å². The minimum atomic E-state index is -0.693. The fourth-order valence-corrected chi connectivity index (χ4v) is 2.00. The molecule has 0 aliphatic carbocycles. The van der Waals surface area contributed by atoms with Crippen LogP contribution < -0.4 is 5.56 Å². The van der Waals surface area contributed by atoms with E-state index in [1.165, 1.54) is 17.6 Å². The van der Waals surface area contributed by atoms with Gasteiger partial charge in [0.1, 0.15) is 0 Å². The van der Waals surface area contributed by atoms with Crippen LogP contribution in [0.4, 0.5) is 0 Å². The number of ether oxygens (including phenoxy) is 1. The van der Waals surface area contributed by atoms with Gasteiger partial charge < -0.3 is 4.74 Å². The Kier molecular flexibility index (Phi) is 3.34. The van der Waals surface area contributed by atoms with Crippen LogP contribution in [0.2, 0.25) is 0 Å². The zero-order chi connectivity index (χ0) is 14.0. The van der Waals surface area contributed by atoms with Gasteiger partial charge in [0.2, 0.25) is 0 Å². The Hall–Kier alpha value is -2.61. The van der Waals surface area contributed by atoms with E-state index < -0.39 is 12.2 Å². The molecule has 0 bridgehead atoms. The summed E-state index contributed by atoms with van der Waals surface area (Å²) in [6.07, 6.45) is -0.693. The highest BCUT2D eigenvalue weighted by molar-refractivity contribution is 5.80. The molecule has 0 aliphatic rings. The summed E-state index contributed by atoms with van der Waals surface area (Å²) in [5.41, 5.74) is 0.879. The molecule has 1 unspecified atom stereocenters. The van der Waals surface area contributed by atoms with Crippen molar-refractivity contribution in [1.82, 2.24) is 4.57 Å². The Morgan fingerprint density at radius 2 is 2.11 bits per heavy atom. The van der Waals surface area contributed by atoms with Crippen molar-refractivity contribution in [3.05, 3.63) is 46.2 Å². The molecule has 1 aromatic carbocycles. The third-order valence-corrected chi connectivity index (χ3v) is 2.76. The lowest BCUT2D eigenvalue weighted by molar-refractivity contribution is -0.149. The van der Waals surface area contributed by atoms with Gasteiger partial charge in [-0.2, -0.15) is 5.26 Å². The van der Waals surface area contributed by atoms with Gasteiger partial charge in [0.15, 0.2) is 6.23 Å². The average molecular weight is 256 g/mol. The highest BCUT2D eigenvalue weighted by Crippen LogP contribution is 2.18. The molecule has 0 aliphatic heterocycles. The van der Waals surface area contributed by atoms with Crippen LogP contribution in [0, 0.1) is 11.3 Å². The first kappa shape index (κ1) is 12.8. The summed E-state index contributed by atoms with van der Waals surface area (Å²) in [6, 6.07) is 10.1. The predicted molar refractivity (Wildman–Crippen MR) is 69.4 cm³/mol. The molecule has 2 aromatic rings. The standard InChI is InChI=1S/C14H12N2O3/c1-9(19-10(2)17)16-13-5-3-11(8-15)7-12(13)4-6-14(16)18/h3-7,9H,1-2H3. The summed E-state index contributed by atoms with van der Waals surface area (Å²) >= 11 is 0. The van der Waals surface area contributed by atoms with Crippen molar-refractivity contribution in [1.29, 1.82) is 5.26 Å². The van der Waals surface area contributed by atoms with Gasteiger partial charge in [-0.1, -0.05) is 0 Å². The molecule has 5 heteroatoms. The summed E-state index contributed by atoms with van der Waals surface area (Å²) < 4.78 is 6.43. The second-order valence-electron chi connectivity index (χ2n) is 4.14. The number of nitriles is 1. The minimum absolute atomic E-state index is 0.258. The first-order valence-electron chi connectivity index (χ1n) is 5.75. The van der Waals surface area contributed by atoms with Crippen molar-refractivity contribution in [2.75, 3.05) is 0 Å². The number of fused-ring (bicyclic) bond motifs is 1. The van der Waals surface area contributed by atoms with Crippen LogP contribution in [-0.4, -0.2) is 10.5 Å². The highest BCUT2D eigenvalue weighted by atomic mass is 16.6. The molecule has 0 radical (unpaired) electrons. The van der Waals surface area contributed by atoms with Crippen LogP contribution >= 0.6 is 0 Å². The minimum Gasteiger partial charge on any atom is -0.442 e. The summed E-state index contributed by atoms with van der Waals surface area (Å²) in [6.45, 7) is 2.92. The second kappa shape index (κ2) is 4.94. The van der Waals surface area contributed by atoms with Crippen LogP contribution in [0.5, 0.6) is 0 Å². The summed E-state index contributed by atoms with van der Waals surface area (Å²) in [5.74, 6) is -0.454. The van der Waals surface area contributed by atoms with Crippen LogP contribution in [0.3, 0.4) is 0 Å². The lowest BCUT2D eigenvalue weighted by atomic mass is 10.1. The zero-order valence-electron chi connectivity index (χ0n) is 10.6. The number of carbonyl (C=O) groups excluding carboxylic acids is 1. The number of aromatic nitrogens is 1. The van der Waals surface area contributed by atoms with Gasteiger partial charge in [-0.15, -0.1) is 0 Å². The number of hydrogen-bond acceptors (Lipinski definition) is 4. The van der Waals surface area contributed by atoms with Crippen molar-refractivity contribution >= 4 is 16.9 Å². The highest BCUT2D eigenvalue weighted by Gasteiger charge is 2.12. The van der Waals surface area contributed by atoms with E-state index in [0.29, 0.717) is 11.1 Å². The molecule has 1 heterocycles. The van der Waals surface area contributed by atoms with E-state index in [1.807, 2.05) is 6.07 Å². The summed E-state index contributed by atoms with van der Waals surface area (Å²) in [7, 11) is 0. The van der Waals surface area contributed by atoms with Gasteiger partial charge in [0.25, 0.3) is 5.56 Å². The first-order chi connectivity index (χ1) is 9.02. The SMILES string of the molecule is CC(=O)OC(C)n1c(=O)ccc2cc(C#N)ccc21.